The van der Waals surface area contributed by atoms with Crippen molar-refractivity contribution < 1.29 is 9.59 Å². The number of amides is 2. The van der Waals surface area contributed by atoms with E-state index in [1.807, 2.05) is 18.7 Å². The number of guanidine groups is 1. The summed E-state index contributed by atoms with van der Waals surface area (Å²) < 4.78 is 0. The molecule has 0 unspecified atom stereocenters. The molecule has 0 saturated carbocycles. The summed E-state index contributed by atoms with van der Waals surface area (Å²) in [6.07, 6.45) is 3.68. The molecule has 0 bridgehead atoms. The van der Waals surface area contributed by atoms with Crippen molar-refractivity contribution in [2.75, 3.05) is 33.2 Å². The smallest absolute Gasteiger partial charge is 0.225 e. The summed E-state index contributed by atoms with van der Waals surface area (Å²) >= 11 is 0. The third-order valence-electron chi connectivity index (χ3n) is 4.95. The summed E-state index contributed by atoms with van der Waals surface area (Å²) in [5, 5.41) is 9.52. The highest BCUT2D eigenvalue weighted by molar-refractivity contribution is 14.0. The highest BCUT2D eigenvalue weighted by atomic mass is 127. The normalized spacial score (nSPS) is 15.5. The minimum atomic E-state index is 0. The molecule has 0 atom stereocenters. The number of hydrogen-bond donors (Lipinski definition) is 3. The van der Waals surface area contributed by atoms with E-state index in [1.54, 1.807) is 7.05 Å². The van der Waals surface area contributed by atoms with Gasteiger partial charge in [-0.15, -0.1) is 24.0 Å². The molecule has 1 rings (SSSR count). The standard InChI is InChI=1S/C19H37N5O2.HI/c1-6-15(7-2)18(26)24-12-8-16(9-13-24)23-19(20-5)22-11-10-21-17(25)14(3)4;/h14-16H,6-13H2,1-5H3,(H,21,25)(H2,20,22,23);1H. The lowest BCUT2D eigenvalue weighted by Crippen LogP contribution is -2.51. The molecule has 0 spiro atoms. The van der Waals surface area contributed by atoms with Crippen LogP contribution in [-0.4, -0.2) is 61.9 Å². The molecule has 1 aliphatic heterocycles. The highest BCUT2D eigenvalue weighted by Gasteiger charge is 2.26. The molecule has 1 heterocycles. The maximum atomic E-state index is 12.5. The first kappa shape index (κ1) is 25.9. The predicted molar refractivity (Wildman–Crippen MR) is 121 cm³/mol. The van der Waals surface area contributed by atoms with Gasteiger partial charge in [-0.1, -0.05) is 27.7 Å². The van der Waals surface area contributed by atoms with Crippen LogP contribution >= 0.6 is 24.0 Å². The molecule has 2 amide bonds. The Morgan fingerprint density at radius 3 is 2.11 bits per heavy atom. The molecule has 1 fully saturated rings. The van der Waals surface area contributed by atoms with Gasteiger partial charge in [-0.2, -0.15) is 0 Å². The van der Waals surface area contributed by atoms with E-state index in [9.17, 15) is 9.59 Å². The lowest BCUT2D eigenvalue weighted by molar-refractivity contribution is -0.136. The van der Waals surface area contributed by atoms with Crippen LogP contribution in [-0.2, 0) is 9.59 Å². The minimum absolute atomic E-state index is 0. The van der Waals surface area contributed by atoms with Crippen molar-refractivity contribution in [3.05, 3.63) is 0 Å². The van der Waals surface area contributed by atoms with E-state index in [2.05, 4.69) is 34.8 Å². The van der Waals surface area contributed by atoms with E-state index in [0.717, 1.165) is 44.7 Å². The Labute approximate surface area is 181 Å². The maximum absolute atomic E-state index is 12.5. The summed E-state index contributed by atoms with van der Waals surface area (Å²) in [5.41, 5.74) is 0. The lowest BCUT2D eigenvalue weighted by Gasteiger charge is -2.34. The zero-order valence-electron chi connectivity index (χ0n) is 17.5. The van der Waals surface area contributed by atoms with Crippen molar-refractivity contribution in [1.29, 1.82) is 0 Å². The Kier molecular flexibility index (Phi) is 13.5. The summed E-state index contributed by atoms with van der Waals surface area (Å²) in [6.45, 7) is 10.7. The minimum Gasteiger partial charge on any atom is -0.355 e. The van der Waals surface area contributed by atoms with Gasteiger partial charge in [-0.25, -0.2) is 0 Å². The number of nitrogens with zero attached hydrogens (tertiary/aromatic N) is 2. The number of likely N-dealkylation sites (tertiary alicyclic amines) is 1. The number of halogens is 1. The molecule has 0 aromatic rings. The van der Waals surface area contributed by atoms with Crippen LogP contribution in [0, 0.1) is 11.8 Å². The van der Waals surface area contributed by atoms with Crippen LogP contribution < -0.4 is 16.0 Å². The van der Waals surface area contributed by atoms with Crippen LogP contribution in [0.3, 0.4) is 0 Å². The van der Waals surface area contributed by atoms with Crippen LogP contribution in [0.5, 0.6) is 0 Å². The van der Waals surface area contributed by atoms with E-state index in [1.165, 1.54) is 0 Å². The second-order valence-corrected chi connectivity index (χ2v) is 7.20. The van der Waals surface area contributed by atoms with Crippen molar-refractivity contribution in [3.63, 3.8) is 0 Å². The number of aliphatic imine (C=N–C) groups is 1. The fraction of sp³-hybridized carbons (Fsp3) is 0.842. The third kappa shape index (κ3) is 9.12. The maximum Gasteiger partial charge on any atom is 0.225 e. The van der Waals surface area contributed by atoms with Gasteiger partial charge in [0.1, 0.15) is 0 Å². The topological polar surface area (TPSA) is 85.8 Å². The van der Waals surface area contributed by atoms with Gasteiger partial charge in [-0.05, 0) is 25.7 Å². The zero-order valence-corrected chi connectivity index (χ0v) is 19.8. The SMILES string of the molecule is CCC(CC)C(=O)N1CCC(NC(=NC)NCCNC(=O)C(C)C)CC1.I. The number of carbonyl (C=O) groups is 2. The fourth-order valence-corrected chi connectivity index (χ4v) is 3.10. The van der Waals surface area contributed by atoms with Crippen molar-refractivity contribution in [2.24, 2.45) is 16.8 Å². The van der Waals surface area contributed by atoms with Crippen molar-refractivity contribution in [3.8, 4) is 0 Å². The number of nitrogens with one attached hydrogen (secondary N) is 3. The van der Waals surface area contributed by atoms with E-state index < -0.39 is 0 Å². The third-order valence-corrected chi connectivity index (χ3v) is 4.95. The second kappa shape index (κ2) is 14.0. The van der Waals surface area contributed by atoms with Crippen molar-refractivity contribution in [2.45, 2.75) is 59.4 Å². The summed E-state index contributed by atoms with van der Waals surface area (Å²) in [7, 11) is 1.74. The van der Waals surface area contributed by atoms with Gasteiger partial charge in [0.05, 0.1) is 0 Å². The number of carbonyl (C=O) groups excluding carboxylic acids is 2. The molecule has 27 heavy (non-hydrogen) atoms. The molecule has 3 N–H and O–H groups in total. The highest BCUT2D eigenvalue weighted by Crippen LogP contribution is 2.17. The molecule has 0 aliphatic carbocycles. The Balaban J connectivity index is 0.00000676. The molecule has 0 aromatic heterocycles. The largest absolute Gasteiger partial charge is 0.355 e. The number of piperidine rings is 1. The second-order valence-electron chi connectivity index (χ2n) is 7.20. The van der Waals surface area contributed by atoms with Crippen LogP contribution in [0.2, 0.25) is 0 Å². The average molecular weight is 495 g/mol. The molecule has 8 heteroatoms. The van der Waals surface area contributed by atoms with E-state index in [0.29, 0.717) is 25.0 Å². The quantitative estimate of drug-likeness (QED) is 0.208. The van der Waals surface area contributed by atoms with Gasteiger partial charge < -0.3 is 20.9 Å². The Morgan fingerprint density at radius 1 is 1.07 bits per heavy atom. The van der Waals surface area contributed by atoms with Crippen molar-refractivity contribution >= 4 is 41.8 Å². The van der Waals surface area contributed by atoms with Crippen molar-refractivity contribution in [1.82, 2.24) is 20.9 Å². The van der Waals surface area contributed by atoms with Crippen LogP contribution in [0.4, 0.5) is 0 Å². The fourth-order valence-electron chi connectivity index (χ4n) is 3.10. The van der Waals surface area contributed by atoms with E-state index >= 15 is 0 Å². The Morgan fingerprint density at radius 2 is 1.63 bits per heavy atom. The van der Waals surface area contributed by atoms with Gasteiger partial charge in [0.15, 0.2) is 5.96 Å². The Hall–Kier alpha value is -1.06. The molecule has 1 saturated heterocycles. The average Bonchev–Trinajstić information content (AvgIpc) is 2.65. The molecular formula is C19H38IN5O2. The molecule has 7 nitrogen and oxygen atoms in total. The summed E-state index contributed by atoms with van der Waals surface area (Å²) in [4.78, 5) is 30.2. The molecular weight excluding hydrogens is 457 g/mol. The Bertz CT molecular complexity index is 473. The molecule has 0 radical (unpaired) electrons. The zero-order chi connectivity index (χ0) is 19.5. The first-order valence-electron chi connectivity index (χ1n) is 9.96. The van der Waals surface area contributed by atoms with Crippen LogP contribution in [0.25, 0.3) is 0 Å². The summed E-state index contributed by atoms with van der Waals surface area (Å²) in [6, 6.07) is 0.317. The van der Waals surface area contributed by atoms with Gasteiger partial charge in [0.25, 0.3) is 0 Å². The first-order valence-corrected chi connectivity index (χ1v) is 9.96. The summed E-state index contributed by atoms with van der Waals surface area (Å²) in [5.74, 6) is 1.27. The molecule has 0 aromatic carbocycles. The predicted octanol–water partition coefficient (Wildman–Crippen LogP) is 1.97. The van der Waals surface area contributed by atoms with Crippen LogP contribution in [0.1, 0.15) is 53.4 Å². The van der Waals surface area contributed by atoms with Crippen LogP contribution in [0.15, 0.2) is 4.99 Å². The lowest BCUT2D eigenvalue weighted by atomic mass is 9.98. The van der Waals surface area contributed by atoms with E-state index in [-0.39, 0.29) is 41.7 Å². The van der Waals surface area contributed by atoms with Gasteiger partial charge in [0.2, 0.25) is 11.8 Å². The van der Waals surface area contributed by atoms with Gasteiger partial charge in [0, 0.05) is 51.1 Å². The van der Waals surface area contributed by atoms with E-state index in [4.69, 9.17) is 0 Å². The molecule has 1 aliphatic rings. The number of rotatable bonds is 8. The number of hydrogen-bond acceptors (Lipinski definition) is 3. The first-order chi connectivity index (χ1) is 12.4. The monoisotopic (exact) mass is 495 g/mol. The molecule has 158 valence electrons. The van der Waals surface area contributed by atoms with Gasteiger partial charge in [-0.3, -0.25) is 14.6 Å². The van der Waals surface area contributed by atoms with Gasteiger partial charge >= 0.3 is 0 Å².